The van der Waals surface area contributed by atoms with Crippen LogP contribution >= 0.6 is 0 Å². The smallest absolute Gasteiger partial charge is 0.131 e. The minimum absolute atomic E-state index is 0.128. The first-order valence-electron chi connectivity index (χ1n) is 5.84. The van der Waals surface area contributed by atoms with Crippen molar-refractivity contribution >= 4 is 0 Å². The Bertz CT molecular complexity index is 355. The van der Waals surface area contributed by atoms with E-state index in [2.05, 4.69) is 19.2 Å². The largest absolute Gasteiger partial charge is 0.387 e. The summed E-state index contributed by atoms with van der Waals surface area (Å²) in [6.45, 7) is 5.27. The van der Waals surface area contributed by atoms with Crippen molar-refractivity contribution in [2.45, 2.75) is 26.4 Å². The average Bonchev–Trinajstić information content (AvgIpc) is 2.23. The second-order valence-corrected chi connectivity index (χ2v) is 4.57. The van der Waals surface area contributed by atoms with Crippen molar-refractivity contribution in [3.63, 3.8) is 0 Å². The SMILES string of the molecule is CC(C)CCNCC(O)c1ccc(F)cc1F. The number of hydrogen-bond donors (Lipinski definition) is 2. The van der Waals surface area contributed by atoms with Crippen LogP contribution in [0.2, 0.25) is 0 Å². The third-order valence-electron chi connectivity index (χ3n) is 2.56. The van der Waals surface area contributed by atoms with Gasteiger partial charge in [0.1, 0.15) is 11.6 Å². The number of halogens is 2. The highest BCUT2D eigenvalue weighted by Gasteiger charge is 2.12. The van der Waals surface area contributed by atoms with E-state index in [4.69, 9.17) is 0 Å². The first-order chi connectivity index (χ1) is 8.00. The summed E-state index contributed by atoms with van der Waals surface area (Å²) in [4.78, 5) is 0. The van der Waals surface area contributed by atoms with Gasteiger partial charge < -0.3 is 10.4 Å². The third-order valence-corrected chi connectivity index (χ3v) is 2.56. The molecule has 0 aliphatic rings. The van der Waals surface area contributed by atoms with E-state index >= 15 is 0 Å². The minimum Gasteiger partial charge on any atom is -0.387 e. The molecule has 1 aromatic carbocycles. The van der Waals surface area contributed by atoms with E-state index in [0.29, 0.717) is 5.92 Å². The van der Waals surface area contributed by atoms with Crippen molar-refractivity contribution in [2.24, 2.45) is 5.92 Å². The lowest BCUT2D eigenvalue weighted by molar-refractivity contribution is 0.169. The maximum atomic E-state index is 13.3. The highest BCUT2D eigenvalue weighted by Crippen LogP contribution is 2.17. The fourth-order valence-corrected chi connectivity index (χ4v) is 1.51. The van der Waals surface area contributed by atoms with Gasteiger partial charge in [-0.3, -0.25) is 0 Å². The number of aliphatic hydroxyl groups excluding tert-OH is 1. The number of aliphatic hydroxyl groups is 1. The van der Waals surface area contributed by atoms with Crippen LogP contribution in [0.25, 0.3) is 0 Å². The normalized spacial score (nSPS) is 13.1. The molecule has 0 aromatic heterocycles. The summed E-state index contributed by atoms with van der Waals surface area (Å²) in [7, 11) is 0. The lowest BCUT2D eigenvalue weighted by Crippen LogP contribution is -2.24. The molecule has 0 bridgehead atoms. The molecule has 4 heteroatoms. The summed E-state index contributed by atoms with van der Waals surface area (Å²) in [5, 5.41) is 12.8. The summed E-state index contributed by atoms with van der Waals surface area (Å²) in [6, 6.07) is 3.21. The van der Waals surface area contributed by atoms with Crippen LogP contribution in [-0.4, -0.2) is 18.2 Å². The predicted molar refractivity (Wildman–Crippen MR) is 63.6 cm³/mol. The second kappa shape index (κ2) is 6.67. The highest BCUT2D eigenvalue weighted by molar-refractivity contribution is 5.21. The standard InChI is InChI=1S/C13H19F2NO/c1-9(2)5-6-16-8-13(17)11-4-3-10(14)7-12(11)15/h3-4,7,9,13,16-17H,5-6,8H2,1-2H3. The molecule has 0 radical (unpaired) electrons. The van der Waals surface area contributed by atoms with Crippen molar-refractivity contribution in [3.05, 3.63) is 35.4 Å². The highest BCUT2D eigenvalue weighted by atomic mass is 19.1. The van der Waals surface area contributed by atoms with Gasteiger partial charge in [-0.15, -0.1) is 0 Å². The summed E-state index contributed by atoms with van der Waals surface area (Å²) in [5.41, 5.74) is 0.128. The molecular weight excluding hydrogens is 224 g/mol. The van der Waals surface area contributed by atoms with Gasteiger partial charge in [0.25, 0.3) is 0 Å². The molecule has 96 valence electrons. The van der Waals surface area contributed by atoms with Gasteiger partial charge >= 0.3 is 0 Å². The van der Waals surface area contributed by atoms with Crippen LogP contribution < -0.4 is 5.32 Å². The molecule has 1 atom stereocenters. The fraction of sp³-hybridized carbons (Fsp3) is 0.538. The van der Waals surface area contributed by atoms with Crippen LogP contribution in [0.15, 0.2) is 18.2 Å². The molecule has 2 N–H and O–H groups in total. The molecule has 0 saturated heterocycles. The summed E-state index contributed by atoms with van der Waals surface area (Å²) in [5.74, 6) is -0.753. The maximum Gasteiger partial charge on any atom is 0.131 e. The Morgan fingerprint density at radius 1 is 1.29 bits per heavy atom. The molecule has 0 amide bonds. The Balaban J connectivity index is 2.44. The number of hydrogen-bond acceptors (Lipinski definition) is 2. The summed E-state index contributed by atoms with van der Waals surface area (Å²) in [6.07, 6.45) is 0.0567. The van der Waals surface area contributed by atoms with Crippen LogP contribution in [0, 0.1) is 17.6 Å². The van der Waals surface area contributed by atoms with Gasteiger partial charge in [0.15, 0.2) is 0 Å². The lowest BCUT2D eigenvalue weighted by atomic mass is 10.1. The van der Waals surface area contributed by atoms with Gasteiger partial charge in [-0.2, -0.15) is 0 Å². The van der Waals surface area contributed by atoms with Crippen LogP contribution in [-0.2, 0) is 0 Å². The van der Waals surface area contributed by atoms with Crippen molar-refractivity contribution in [1.29, 1.82) is 0 Å². The van der Waals surface area contributed by atoms with Crippen molar-refractivity contribution in [1.82, 2.24) is 5.32 Å². The Hall–Kier alpha value is -1.00. The molecule has 0 aliphatic heterocycles. The topological polar surface area (TPSA) is 32.3 Å². The molecule has 0 aliphatic carbocycles. The molecule has 0 heterocycles. The molecule has 0 fully saturated rings. The number of rotatable bonds is 6. The summed E-state index contributed by atoms with van der Waals surface area (Å²) >= 11 is 0. The molecule has 0 spiro atoms. The monoisotopic (exact) mass is 243 g/mol. The van der Waals surface area contributed by atoms with Gasteiger partial charge in [-0.25, -0.2) is 8.78 Å². The zero-order chi connectivity index (χ0) is 12.8. The number of nitrogens with one attached hydrogen (secondary N) is 1. The second-order valence-electron chi connectivity index (χ2n) is 4.57. The summed E-state index contributed by atoms with van der Waals surface area (Å²) < 4.78 is 26.0. The maximum absolute atomic E-state index is 13.3. The molecule has 1 unspecified atom stereocenters. The van der Waals surface area contributed by atoms with Gasteiger partial charge in [-0.1, -0.05) is 19.9 Å². The van der Waals surface area contributed by atoms with Crippen molar-refractivity contribution in [2.75, 3.05) is 13.1 Å². The first-order valence-corrected chi connectivity index (χ1v) is 5.84. The van der Waals surface area contributed by atoms with E-state index in [0.717, 1.165) is 25.1 Å². The van der Waals surface area contributed by atoms with Crippen molar-refractivity contribution < 1.29 is 13.9 Å². The molecule has 1 aromatic rings. The zero-order valence-corrected chi connectivity index (χ0v) is 10.2. The van der Waals surface area contributed by atoms with E-state index in [9.17, 15) is 13.9 Å². The van der Waals surface area contributed by atoms with E-state index in [-0.39, 0.29) is 12.1 Å². The molecular formula is C13H19F2NO. The van der Waals surface area contributed by atoms with Crippen LogP contribution in [0.4, 0.5) is 8.78 Å². The Morgan fingerprint density at radius 2 is 2.00 bits per heavy atom. The molecule has 2 nitrogen and oxygen atoms in total. The molecule has 1 rings (SSSR count). The van der Waals surface area contributed by atoms with E-state index in [1.807, 2.05) is 0 Å². The van der Waals surface area contributed by atoms with Crippen LogP contribution in [0.3, 0.4) is 0 Å². The van der Waals surface area contributed by atoms with E-state index in [1.54, 1.807) is 0 Å². The van der Waals surface area contributed by atoms with Gasteiger partial charge in [-0.05, 0) is 24.9 Å². The average molecular weight is 243 g/mol. The van der Waals surface area contributed by atoms with Gasteiger partial charge in [0.2, 0.25) is 0 Å². The quantitative estimate of drug-likeness (QED) is 0.753. The Kier molecular flexibility index (Phi) is 5.51. The van der Waals surface area contributed by atoms with E-state index < -0.39 is 17.7 Å². The predicted octanol–water partition coefficient (Wildman–Crippen LogP) is 2.63. The minimum atomic E-state index is -0.942. The third kappa shape index (κ3) is 4.79. The molecule has 17 heavy (non-hydrogen) atoms. The van der Waals surface area contributed by atoms with Crippen molar-refractivity contribution in [3.8, 4) is 0 Å². The van der Waals surface area contributed by atoms with Gasteiger partial charge in [0, 0.05) is 18.2 Å². The Labute approximate surface area is 101 Å². The first kappa shape index (κ1) is 14.1. The van der Waals surface area contributed by atoms with E-state index in [1.165, 1.54) is 6.07 Å². The molecule has 0 saturated carbocycles. The van der Waals surface area contributed by atoms with Gasteiger partial charge in [0.05, 0.1) is 6.10 Å². The Morgan fingerprint density at radius 3 is 2.59 bits per heavy atom. The van der Waals surface area contributed by atoms with Crippen LogP contribution in [0.1, 0.15) is 31.9 Å². The lowest BCUT2D eigenvalue weighted by Gasteiger charge is -2.13. The number of benzene rings is 1. The van der Waals surface area contributed by atoms with Crippen LogP contribution in [0.5, 0.6) is 0 Å². The zero-order valence-electron chi connectivity index (χ0n) is 10.2. The fourth-order valence-electron chi connectivity index (χ4n) is 1.51.